The molecule has 1 N–H and O–H groups in total. The second-order valence-electron chi connectivity index (χ2n) is 6.71. The molecule has 4 nitrogen and oxygen atoms in total. The highest BCUT2D eigenvalue weighted by Gasteiger charge is 2.43. The minimum atomic E-state index is 0.314. The molecule has 0 unspecified atom stereocenters. The van der Waals surface area contributed by atoms with E-state index in [1.807, 2.05) is 24.3 Å². The average molecular weight is 310 g/mol. The first-order valence-corrected chi connectivity index (χ1v) is 8.35. The minimum Gasteiger partial charge on any atom is -0.508 e. The van der Waals surface area contributed by atoms with Gasteiger partial charge in [0.1, 0.15) is 17.6 Å². The van der Waals surface area contributed by atoms with Crippen LogP contribution in [-0.4, -0.2) is 34.2 Å². The Bertz CT molecular complexity index is 644. The standard InChI is InChI=1S/C19H22N2O2/c22-16-6-3-14(4-7-16)11-21-12-15-5-8-19(18(15)13-21)23-17-2-1-9-20-10-17/h1-4,6-7,9-10,15,18-19,22H,5,8,11-13H2/t15-,18+,19-/m1/s1. The molecule has 1 aliphatic carbocycles. The molecule has 1 aromatic carbocycles. The Balaban J connectivity index is 1.38. The van der Waals surface area contributed by atoms with Crippen molar-refractivity contribution < 1.29 is 9.84 Å². The second kappa shape index (κ2) is 6.20. The minimum absolute atomic E-state index is 0.314. The van der Waals surface area contributed by atoms with Crippen LogP contribution in [0.25, 0.3) is 0 Å². The van der Waals surface area contributed by atoms with Crippen LogP contribution in [0.3, 0.4) is 0 Å². The van der Waals surface area contributed by atoms with Crippen molar-refractivity contribution >= 4 is 0 Å². The Hall–Kier alpha value is -2.07. The van der Waals surface area contributed by atoms with Crippen LogP contribution in [0, 0.1) is 11.8 Å². The Morgan fingerprint density at radius 2 is 2.00 bits per heavy atom. The molecule has 120 valence electrons. The van der Waals surface area contributed by atoms with Gasteiger partial charge in [0.15, 0.2) is 0 Å². The van der Waals surface area contributed by atoms with Gasteiger partial charge in [0.05, 0.1) is 6.20 Å². The summed E-state index contributed by atoms with van der Waals surface area (Å²) in [6.45, 7) is 3.20. The zero-order valence-corrected chi connectivity index (χ0v) is 13.1. The van der Waals surface area contributed by atoms with E-state index in [0.29, 0.717) is 17.8 Å². The number of nitrogens with zero attached hydrogens (tertiary/aromatic N) is 2. The van der Waals surface area contributed by atoms with Gasteiger partial charge in [-0.05, 0) is 48.6 Å². The number of fused-ring (bicyclic) bond motifs is 1. The summed E-state index contributed by atoms with van der Waals surface area (Å²) in [5.41, 5.74) is 1.26. The number of pyridine rings is 1. The largest absolute Gasteiger partial charge is 0.508 e. The van der Waals surface area contributed by atoms with Gasteiger partial charge in [-0.15, -0.1) is 0 Å². The van der Waals surface area contributed by atoms with Gasteiger partial charge < -0.3 is 9.84 Å². The number of ether oxygens (including phenoxy) is 1. The number of hydrogen-bond acceptors (Lipinski definition) is 4. The summed E-state index contributed by atoms with van der Waals surface area (Å²) >= 11 is 0. The number of phenolic OH excluding ortho intramolecular Hbond substituents is 1. The lowest BCUT2D eigenvalue weighted by molar-refractivity contribution is 0.147. The van der Waals surface area contributed by atoms with Crippen LogP contribution in [0.5, 0.6) is 11.5 Å². The van der Waals surface area contributed by atoms with Gasteiger partial charge in [-0.3, -0.25) is 9.88 Å². The van der Waals surface area contributed by atoms with Gasteiger partial charge in [-0.1, -0.05) is 12.1 Å². The number of aromatic nitrogens is 1. The lowest BCUT2D eigenvalue weighted by Gasteiger charge is -2.22. The molecule has 4 rings (SSSR count). The lowest BCUT2D eigenvalue weighted by Crippen LogP contribution is -2.28. The van der Waals surface area contributed by atoms with E-state index in [4.69, 9.17) is 4.74 Å². The summed E-state index contributed by atoms with van der Waals surface area (Å²) in [6.07, 6.45) is 6.29. The predicted octanol–water partition coefficient (Wildman–Crippen LogP) is 3.08. The number of hydrogen-bond donors (Lipinski definition) is 1. The summed E-state index contributed by atoms with van der Waals surface area (Å²) in [7, 11) is 0. The Morgan fingerprint density at radius 3 is 2.78 bits per heavy atom. The molecule has 1 saturated carbocycles. The first-order chi connectivity index (χ1) is 11.3. The Kier molecular flexibility index (Phi) is 3.92. The van der Waals surface area contributed by atoms with Crippen molar-refractivity contribution in [1.29, 1.82) is 0 Å². The van der Waals surface area contributed by atoms with Crippen molar-refractivity contribution in [3.8, 4) is 11.5 Å². The van der Waals surface area contributed by atoms with E-state index >= 15 is 0 Å². The maximum atomic E-state index is 9.39. The molecule has 2 fully saturated rings. The van der Waals surface area contributed by atoms with E-state index in [0.717, 1.165) is 37.7 Å². The molecule has 0 bridgehead atoms. The van der Waals surface area contributed by atoms with Gasteiger partial charge >= 0.3 is 0 Å². The van der Waals surface area contributed by atoms with Crippen LogP contribution in [-0.2, 0) is 6.54 Å². The molecule has 2 heterocycles. The van der Waals surface area contributed by atoms with Crippen LogP contribution in [0.2, 0.25) is 0 Å². The molecule has 1 aliphatic heterocycles. The van der Waals surface area contributed by atoms with Crippen LogP contribution >= 0.6 is 0 Å². The maximum Gasteiger partial charge on any atom is 0.138 e. The van der Waals surface area contributed by atoms with Crippen LogP contribution in [0.1, 0.15) is 18.4 Å². The monoisotopic (exact) mass is 310 g/mol. The van der Waals surface area contributed by atoms with E-state index in [1.165, 1.54) is 12.0 Å². The van der Waals surface area contributed by atoms with Crippen molar-refractivity contribution in [2.45, 2.75) is 25.5 Å². The van der Waals surface area contributed by atoms with Crippen molar-refractivity contribution in [2.24, 2.45) is 11.8 Å². The first kappa shape index (κ1) is 14.5. The maximum absolute atomic E-state index is 9.39. The van der Waals surface area contributed by atoms with Crippen LogP contribution in [0.15, 0.2) is 48.8 Å². The Labute approximate surface area is 136 Å². The number of phenols is 1. The molecule has 3 atom stereocenters. The molecule has 2 aromatic rings. The summed E-state index contributed by atoms with van der Waals surface area (Å²) < 4.78 is 6.18. The normalized spacial score (nSPS) is 27.0. The molecule has 1 aromatic heterocycles. The quantitative estimate of drug-likeness (QED) is 0.942. The SMILES string of the molecule is Oc1ccc(CN2C[C@H]3CC[C@@H](Oc4cccnc4)[C@H]3C2)cc1. The molecule has 0 amide bonds. The van der Waals surface area contributed by atoms with E-state index in [-0.39, 0.29) is 0 Å². The molecular weight excluding hydrogens is 288 g/mol. The zero-order chi connectivity index (χ0) is 15.6. The molecular formula is C19H22N2O2. The fourth-order valence-electron chi connectivity index (χ4n) is 4.03. The average Bonchev–Trinajstić information content (AvgIpc) is 3.12. The topological polar surface area (TPSA) is 45.6 Å². The Morgan fingerprint density at radius 1 is 1.13 bits per heavy atom. The van der Waals surface area contributed by atoms with E-state index in [1.54, 1.807) is 24.5 Å². The number of aromatic hydroxyl groups is 1. The first-order valence-electron chi connectivity index (χ1n) is 8.35. The fraction of sp³-hybridized carbons (Fsp3) is 0.421. The summed E-state index contributed by atoms with van der Waals surface area (Å²) in [6, 6.07) is 11.5. The van der Waals surface area contributed by atoms with Gasteiger partial charge in [0.2, 0.25) is 0 Å². The predicted molar refractivity (Wildman–Crippen MR) is 88.3 cm³/mol. The third-order valence-electron chi connectivity index (χ3n) is 5.13. The fourth-order valence-corrected chi connectivity index (χ4v) is 4.03. The highest BCUT2D eigenvalue weighted by molar-refractivity contribution is 5.26. The van der Waals surface area contributed by atoms with E-state index in [9.17, 15) is 5.11 Å². The highest BCUT2D eigenvalue weighted by Crippen LogP contribution is 2.40. The van der Waals surface area contributed by atoms with Gasteiger partial charge in [-0.2, -0.15) is 0 Å². The van der Waals surface area contributed by atoms with Crippen molar-refractivity contribution in [3.05, 3.63) is 54.4 Å². The molecule has 1 saturated heterocycles. The smallest absolute Gasteiger partial charge is 0.138 e. The third-order valence-corrected chi connectivity index (χ3v) is 5.13. The zero-order valence-electron chi connectivity index (χ0n) is 13.1. The van der Waals surface area contributed by atoms with Gasteiger partial charge in [0, 0.05) is 31.7 Å². The number of rotatable bonds is 4. The highest BCUT2D eigenvalue weighted by atomic mass is 16.5. The number of benzene rings is 1. The van der Waals surface area contributed by atoms with Gasteiger partial charge in [0.25, 0.3) is 0 Å². The van der Waals surface area contributed by atoms with Crippen molar-refractivity contribution in [2.75, 3.05) is 13.1 Å². The van der Waals surface area contributed by atoms with Crippen LogP contribution in [0.4, 0.5) is 0 Å². The summed E-state index contributed by atoms with van der Waals surface area (Å²) in [4.78, 5) is 6.65. The van der Waals surface area contributed by atoms with E-state index in [2.05, 4.69) is 9.88 Å². The third kappa shape index (κ3) is 3.17. The van der Waals surface area contributed by atoms with Crippen molar-refractivity contribution in [3.63, 3.8) is 0 Å². The van der Waals surface area contributed by atoms with Crippen molar-refractivity contribution in [1.82, 2.24) is 9.88 Å². The second-order valence-corrected chi connectivity index (χ2v) is 6.71. The molecule has 0 radical (unpaired) electrons. The van der Waals surface area contributed by atoms with E-state index < -0.39 is 0 Å². The molecule has 0 spiro atoms. The van der Waals surface area contributed by atoms with Gasteiger partial charge in [-0.25, -0.2) is 0 Å². The molecule has 2 aliphatic rings. The van der Waals surface area contributed by atoms with Crippen LogP contribution < -0.4 is 4.74 Å². The number of likely N-dealkylation sites (tertiary alicyclic amines) is 1. The summed E-state index contributed by atoms with van der Waals surface area (Å²) in [5, 5.41) is 9.39. The molecule has 4 heteroatoms. The lowest BCUT2D eigenvalue weighted by atomic mass is 9.99. The molecule has 23 heavy (non-hydrogen) atoms. The summed E-state index contributed by atoms with van der Waals surface area (Å²) in [5.74, 6) is 2.58.